The molecular formula is C18H19ClN2OS. The molecule has 1 aliphatic heterocycles. The first-order valence-corrected chi connectivity index (χ1v) is 9.18. The first-order chi connectivity index (χ1) is 11.1. The fourth-order valence-electron chi connectivity index (χ4n) is 2.87. The SMILES string of the molecule is Nc1cccc2c1CCCN2C(=O)CSCc1cccc(Cl)c1. The Kier molecular flexibility index (Phi) is 5.13. The molecule has 1 amide bonds. The van der Waals surface area contributed by atoms with Crippen molar-refractivity contribution in [3.05, 3.63) is 58.6 Å². The molecule has 2 aromatic rings. The zero-order chi connectivity index (χ0) is 16.2. The summed E-state index contributed by atoms with van der Waals surface area (Å²) in [6, 6.07) is 13.6. The minimum Gasteiger partial charge on any atom is -0.398 e. The Hall–Kier alpha value is -1.65. The fraction of sp³-hybridized carbons (Fsp3) is 0.278. The lowest BCUT2D eigenvalue weighted by atomic mass is 10.00. The molecule has 23 heavy (non-hydrogen) atoms. The summed E-state index contributed by atoms with van der Waals surface area (Å²) in [6.07, 6.45) is 1.91. The number of halogens is 1. The second kappa shape index (κ2) is 7.28. The molecule has 0 spiro atoms. The second-order valence-electron chi connectivity index (χ2n) is 5.62. The van der Waals surface area contributed by atoms with Crippen molar-refractivity contribution in [2.45, 2.75) is 18.6 Å². The van der Waals surface area contributed by atoms with Crippen LogP contribution in [0.5, 0.6) is 0 Å². The molecule has 3 nitrogen and oxygen atoms in total. The van der Waals surface area contributed by atoms with Gasteiger partial charge in [0.15, 0.2) is 0 Å². The summed E-state index contributed by atoms with van der Waals surface area (Å²) < 4.78 is 0. The Morgan fingerprint density at radius 2 is 2.09 bits per heavy atom. The van der Waals surface area contributed by atoms with E-state index in [1.165, 1.54) is 0 Å². The molecular weight excluding hydrogens is 328 g/mol. The molecule has 2 N–H and O–H groups in total. The van der Waals surface area contributed by atoms with Gasteiger partial charge in [-0.1, -0.05) is 29.8 Å². The molecule has 0 fully saturated rings. The van der Waals surface area contributed by atoms with Crippen molar-refractivity contribution in [1.82, 2.24) is 0 Å². The number of fused-ring (bicyclic) bond motifs is 1. The standard InChI is InChI=1S/C18H19ClN2OS/c19-14-5-1-4-13(10-14)11-23-12-18(22)21-9-3-6-15-16(20)7-2-8-17(15)21/h1-2,4-5,7-8,10H,3,6,9,11-12,20H2. The lowest BCUT2D eigenvalue weighted by Crippen LogP contribution is -2.37. The van der Waals surface area contributed by atoms with E-state index in [1.54, 1.807) is 11.8 Å². The third kappa shape index (κ3) is 3.82. The van der Waals surface area contributed by atoms with E-state index in [0.717, 1.165) is 52.7 Å². The monoisotopic (exact) mass is 346 g/mol. The molecule has 0 saturated carbocycles. The van der Waals surface area contributed by atoms with Crippen LogP contribution in [0.15, 0.2) is 42.5 Å². The van der Waals surface area contributed by atoms with Gasteiger partial charge >= 0.3 is 0 Å². The maximum atomic E-state index is 12.6. The third-order valence-electron chi connectivity index (χ3n) is 3.97. The zero-order valence-corrected chi connectivity index (χ0v) is 14.4. The van der Waals surface area contributed by atoms with Crippen LogP contribution in [-0.4, -0.2) is 18.2 Å². The summed E-state index contributed by atoms with van der Waals surface area (Å²) in [4.78, 5) is 14.4. The van der Waals surface area contributed by atoms with Crippen LogP contribution in [0, 0.1) is 0 Å². The summed E-state index contributed by atoms with van der Waals surface area (Å²) in [5.74, 6) is 1.38. The van der Waals surface area contributed by atoms with Crippen LogP contribution in [-0.2, 0) is 17.0 Å². The quantitative estimate of drug-likeness (QED) is 0.846. The van der Waals surface area contributed by atoms with Gasteiger partial charge in [-0.05, 0) is 48.2 Å². The van der Waals surface area contributed by atoms with Gasteiger partial charge < -0.3 is 10.6 Å². The molecule has 0 bridgehead atoms. The lowest BCUT2D eigenvalue weighted by molar-refractivity contribution is -0.116. The number of anilines is 2. The third-order valence-corrected chi connectivity index (χ3v) is 5.19. The van der Waals surface area contributed by atoms with Gasteiger partial charge in [-0.2, -0.15) is 0 Å². The Labute approximate surface area is 145 Å². The highest BCUT2D eigenvalue weighted by Gasteiger charge is 2.23. The van der Waals surface area contributed by atoms with E-state index in [9.17, 15) is 4.79 Å². The fourth-order valence-corrected chi connectivity index (χ4v) is 3.93. The van der Waals surface area contributed by atoms with Gasteiger partial charge in [0.2, 0.25) is 5.91 Å². The van der Waals surface area contributed by atoms with E-state index in [2.05, 4.69) is 0 Å². The number of nitrogens with zero attached hydrogens (tertiary/aromatic N) is 1. The Morgan fingerprint density at radius 1 is 1.26 bits per heavy atom. The van der Waals surface area contributed by atoms with Crippen molar-refractivity contribution < 1.29 is 4.79 Å². The number of nitrogen functional groups attached to an aromatic ring is 1. The van der Waals surface area contributed by atoms with Gasteiger partial charge in [0.25, 0.3) is 0 Å². The summed E-state index contributed by atoms with van der Waals surface area (Å²) in [6.45, 7) is 0.771. The molecule has 2 aromatic carbocycles. The highest BCUT2D eigenvalue weighted by Crippen LogP contribution is 2.31. The predicted octanol–water partition coefficient (Wildman–Crippen LogP) is 4.13. The van der Waals surface area contributed by atoms with Crippen LogP contribution in [0.4, 0.5) is 11.4 Å². The van der Waals surface area contributed by atoms with Crippen molar-refractivity contribution in [3.8, 4) is 0 Å². The van der Waals surface area contributed by atoms with E-state index < -0.39 is 0 Å². The van der Waals surface area contributed by atoms with Crippen LogP contribution in [0.1, 0.15) is 17.5 Å². The molecule has 0 atom stereocenters. The van der Waals surface area contributed by atoms with Gasteiger partial charge in [0.05, 0.1) is 5.75 Å². The average molecular weight is 347 g/mol. The molecule has 0 radical (unpaired) electrons. The molecule has 0 unspecified atom stereocenters. The van der Waals surface area contributed by atoms with E-state index in [-0.39, 0.29) is 5.91 Å². The molecule has 0 saturated heterocycles. The molecule has 0 aliphatic carbocycles. The van der Waals surface area contributed by atoms with Crippen molar-refractivity contribution in [3.63, 3.8) is 0 Å². The van der Waals surface area contributed by atoms with Crippen molar-refractivity contribution in [2.24, 2.45) is 0 Å². The summed E-state index contributed by atoms with van der Waals surface area (Å²) in [5, 5.41) is 0.731. The number of amides is 1. The van der Waals surface area contributed by atoms with Crippen molar-refractivity contribution in [2.75, 3.05) is 22.9 Å². The Bertz CT molecular complexity index is 720. The predicted molar refractivity (Wildman–Crippen MR) is 99.1 cm³/mol. The van der Waals surface area contributed by atoms with Gasteiger partial charge in [-0.15, -0.1) is 11.8 Å². The maximum Gasteiger partial charge on any atom is 0.236 e. The van der Waals surface area contributed by atoms with Crippen LogP contribution < -0.4 is 10.6 Å². The van der Waals surface area contributed by atoms with Crippen LogP contribution in [0.3, 0.4) is 0 Å². The first-order valence-electron chi connectivity index (χ1n) is 7.65. The van der Waals surface area contributed by atoms with E-state index in [0.29, 0.717) is 5.75 Å². The topological polar surface area (TPSA) is 46.3 Å². The summed E-state index contributed by atoms with van der Waals surface area (Å²) >= 11 is 7.60. The molecule has 0 aromatic heterocycles. The molecule has 5 heteroatoms. The number of hydrogen-bond donors (Lipinski definition) is 1. The van der Waals surface area contributed by atoms with Gasteiger partial charge in [-0.25, -0.2) is 0 Å². The first kappa shape index (κ1) is 16.2. The number of nitrogens with two attached hydrogens (primary N) is 1. The second-order valence-corrected chi connectivity index (χ2v) is 7.04. The van der Waals surface area contributed by atoms with Gasteiger partial charge in [-0.3, -0.25) is 4.79 Å². The molecule has 120 valence electrons. The largest absolute Gasteiger partial charge is 0.398 e. The number of rotatable bonds is 4. The number of thioether (sulfide) groups is 1. The molecule has 1 aliphatic rings. The van der Waals surface area contributed by atoms with Crippen LogP contribution >= 0.6 is 23.4 Å². The van der Waals surface area contributed by atoms with Crippen molar-refractivity contribution >= 4 is 40.6 Å². The maximum absolute atomic E-state index is 12.6. The lowest BCUT2D eigenvalue weighted by Gasteiger charge is -2.30. The number of hydrogen-bond acceptors (Lipinski definition) is 3. The highest BCUT2D eigenvalue weighted by molar-refractivity contribution is 7.99. The van der Waals surface area contributed by atoms with Gasteiger partial charge in [0.1, 0.15) is 0 Å². The van der Waals surface area contributed by atoms with E-state index >= 15 is 0 Å². The minimum absolute atomic E-state index is 0.142. The Morgan fingerprint density at radius 3 is 2.91 bits per heavy atom. The minimum atomic E-state index is 0.142. The van der Waals surface area contributed by atoms with Gasteiger partial charge in [0, 0.05) is 28.7 Å². The zero-order valence-electron chi connectivity index (χ0n) is 12.8. The smallest absolute Gasteiger partial charge is 0.236 e. The normalized spacial score (nSPS) is 13.7. The number of benzene rings is 2. The Balaban J connectivity index is 1.62. The molecule has 1 heterocycles. The average Bonchev–Trinajstić information content (AvgIpc) is 2.55. The van der Waals surface area contributed by atoms with Crippen LogP contribution in [0.25, 0.3) is 0 Å². The number of carbonyl (C=O) groups is 1. The van der Waals surface area contributed by atoms with Crippen molar-refractivity contribution in [1.29, 1.82) is 0 Å². The van der Waals surface area contributed by atoms with Crippen LogP contribution in [0.2, 0.25) is 5.02 Å². The van der Waals surface area contributed by atoms with E-state index in [1.807, 2.05) is 47.4 Å². The highest BCUT2D eigenvalue weighted by atomic mass is 35.5. The van der Waals surface area contributed by atoms with E-state index in [4.69, 9.17) is 17.3 Å². The summed E-state index contributed by atoms with van der Waals surface area (Å²) in [7, 11) is 0. The molecule has 3 rings (SSSR count). The number of carbonyl (C=O) groups excluding carboxylic acids is 1. The summed E-state index contributed by atoms with van der Waals surface area (Å²) in [5.41, 5.74) is 10.0.